The van der Waals surface area contributed by atoms with Crippen LogP contribution in [0.5, 0.6) is 0 Å². The van der Waals surface area contributed by atoms with Crippen LogP contribution in [-0.2, 0) is 20.7 Å². The molecule has 0 radical (unpaired) electrons. The molecule has 1 aliphatic rings. The number of morpholine rings is 1. The topological polar surface area (TPSA) is 107 Å². The highest BCUT2D eigenvalue weighted by molar-refractivity contribution is 6.02. The van der Waals surface area contributed by atoms with Crippen LogP contribution in [0.2, 0.25) is 0 Å². The summed E-state index contributed by atoms with van der Waals surface area (Å²) < 4.78 is 15.5. The summed E-state index contributed by atoms with van der Waals surface area (Å²) in [5.41, 5.74) is 1.66. The second-order valence-electron chi connectivity index (χ2n) is 7.42. The average Bonchev–Trinajstić information content (AvgIpc) is 3.23. The van der Waals surface area contributed by atoms with Gasteiger partial charge in [0.15, 0.2) is 5.82 Å². The van der Waals surface area contributed by atoms with Crippen LogP contribution in [0.4, 0.5) is 11.4 Å². The van der Waals surface area contributed by atoms with Crippen LogP contribution >= 0.6 is 0 Å². The van der Waals surface area contributed by atoms with E-state index in [0.717, 1.165) is 18.8 Å². The molecule has 1 fully saturated rings. The molecule has 1 amide bonds. The molecule has 0 bridgehead atoms. The van der Waals surface area contributed by atoms with Gasteiger partial charge < -0.3 is 24.2 Å². The Morgan fingerprint density at radius 1 is 1.27 bits per heavy atom. The second kappa shape index (κ2) is 10.2. The molecule has 2 heterocycles. The van der Waals surface area contributed by atoms with Gasteiger partial charge in [-0.1, -0.05) is 19.0 Å². The number of esters is 1. The Bertz CT molecular complexity index is 874. The van der Waals surface area contributed by atoms with Gasteiger partial charge in [-0.05, 0) is 24.6 Å². The summed E-state index contributed by atoms with van der Waals surface area (Å²) in [6.45, 7) is 6.77. The van der Waals surface area contributed by atoms with Crippen molar-refractivity contribution in [2.75, 3.05) is 43.6 Å². The molecule has 1 aromatic carbocycles. The predicted molar refractivity (Wildman–Crippen MR) is 111 cm³/mol. The average molecular weight is 416 g/mol. The van der Waals surface area contributed by atoms with Gasteiger partial charge in [0.2, 0.25) is 11.8 Å². The van der Waals surface area contributed by atoms with E-state index in [0.29, 0.717) is 49.0 Å². The quantitative estimate of drug-likeness (QED) is 0.655. The SMILES string of the molecule is COC(=O)c1cc(N2CCOCC2)ccc1NC(=O)CCCc1nc(C(C)C)no1. The Balaban J connectivity index is 1.60. The fraction of sp³-hybridized carbons (Fsp3) is 0.524. The molecular formula is C21H28N4O5. The summed E-state index contributed by atoms with van der Waals surface area (Å²) in [5, 5.41) is 6.73. The molecule has 1 saturated heterocycles. The lowest BCUT2D eigenvalue weighted by atomic mass is 10.1. The largest absolute Gasteiger partial charge is 0.465 e. The molecule has 9 heteroatoms. The van der Waals surface area contributed by atoms with Gasteiger partial charge in [-0.25, -0.2) is 4.79 Å². The molecule has 1 aromatic heterocycles. The number of aromatic nitrogens is 2. The van der Waals surface area contributed by atoms with Gasteiger partial charge in [-0.2, -0.15) is 4.98 Å². The summed E-state index contributed by atoms with van der Waals surface area (Å²) >= 11 is 0. The maximum Gasteiger partial charge on any atom is 0.340 e. The first-order valence-corrected chi connectivity index (χ1v) is 10.2. The number of nitrogens with one attached hydrogen (secondary N) is 1. The number of nitrogens with zero attached hydrogens (tertiary/aromatic N) is 3. The summed E-state index contributed by atoms with van der Waals surface area (Å²) in [6, 6.07) is 5.37. The van der Waals surface area contributed by atoms with Crippen molar-refractivity contribution in [1.29, 1.82) is 0 Å². The van der Waals surface area contributed by atoms with Gasteiger partial charge in [-0.3, -0.25) is 4.79 Å². The van der Waals surface area contributed by atoms with Gasteiger partial charge in [-0.15, -0.1) is 0 Å². The van der Waals surface area contributed by atoms with Crippen molar-refractivity contribution in [3.8, 4) is 0 Å². The first-order chi connectivity index (χ1) is 14.5. The maximum absolute atomic E-state index is 12.4. The number of methoxy groups -OCH3 is 1. The Hall–Kier alpha value is -2.94. The molecule has 0 unspecified atom stereocenters. The highest BCUT2D eigenvalue weighted by atomic mass is 16.5. The molecule has 9 nitrogen and oxygen atoms in total. The van der Waals surface area contributed by atoms with Crippen molar-refractivity contribution in [1.82, 2.24) is 10.1 Å². The third kappa shape index (κ3) is 5.56. The molecule has 3 rings (SSSR count). The Morgan fingerprint density at radius 3 is 2.70 bits per heavy atom. The van der Waals surface area contributed by atoms with Crippen LogP contribution in [0.3, 0.4) is 0 Å². The Morgan fingerprint density at radius 2 is 2.03 bits per heavy atom. The fourth-order valence-corrected chi connectivity index (χ4v) is 3.16. The first-order valence-electron chi connectivity index (χ1n) is 10.2. The van der Waals surface area contributed by atoms with Crippen molar-refractivity contribution in [2.24, 2.45) is 0 Å². The maximum atomic E-state index is 12.4. The van der Waals surface area contributed by atoms with Gasteiger partial charge >= 0.3 is 5.97 Å². The third-order valence-electron chi connectivity index (χ3n) is 4.85. The van der Waals surface area contributed by atoms with E-state index in [1.165, 1.54) is 7.11 Å². The number of ether oxygens (including phenoxy) is 2. The minimum Gasteiger partial charge on any atom is -0.465 e. The van der Waals surface area contributed by atoms with Crippen molar-refractivity contribution in [3.63, 3.8) is 0 Å². The van der Waals surface area contributed by atoms with E-state index in [9.17, 15) is 9.59 Å². The van der Waals surface area contributed by atoms with Crippen molar-refractivity contribution in [3.05, 3.63) is 35.5 Å². The van der Waals surface area contributed by atoms with Gasteiger partial charge in [0.25, 0.3) is 0 Å². The van der Waals surface area contributed by atoms with Crippen LogP contribution in [0.1, 0.15) is 54.7 Å². The van der Waals surface area contributed by atoms with E-state index in [4.69, 9.17) is 14.0 Å². The molecule has 1 N–H and O–H groups in total. The number of carbonyl (C=O) groups excluding carboxylic acids is 2. The van der Waals surface area contributed by atoms with E-state index in [2.05, 4.69) is 20.4 Å². The van der Waals surface area contributed by atoms with E-state index in [-0.39, 0.29) is 18.2 Å². The molecule has 0 saturated carbocycles. The Kier molecular flexibility index (Phi) is 7.40. The third-order valence-corrected chi connectivity index (χ3v) is 4.85. The van der Waals surface area contributed by atoms with Crippen molar-refractivity contribution < 1.29 is 23.6 Å². The van der Waals surface area contributed by atoms with Gasteiger partial charge in [0, 0.05) is 37.5 Å². The molecule has 2 aromatic rings. The minimum absolute atomic E-state index is 0.192. The molecule has 0 spiro atoms. The molecule has 0 atom stereocenters. The lowest BCUT2D eigenvalue weighted by Crippen LogP contribution is -2.36. The molecule has 162 valence electrons. The van der Waals surface area contributed by atoms with Crippen LogP contribution in [0.25, 0.3) is 0 Å². The number of hydrogen-bond acceptors (Lipinski definition) is 8. The van der Waals surface area contributed by atoms with Crippen molar-refractivity contribution in [2.45, 2.75) is 39.0 Å². The number of carbonyl (C=O) groups is 2. The van der Waals surface area contributed by atoms with E-state index < -0.39 is 5.97 Å². The van der Waals surface area contributed by atoms with Gasteiger partial charge in [0.1, 0.15) is 0 Å². The van der Waals surface area contributed by atoms with Gasteiger partial charge in [0.05, 0.1) is 31.6 Å². The Labute approximate surface area is 175 Å². The molecule has 30 heavy (non-hydrogen) atoms. The van der Waals surface area contributed by atoms with Crippen LogP contribution in [-0.4, -0.2) is 55.4 Å². The number of amides is 1. The van der Waals surface area contributed by atoms with Crippen LogP contribution < -0.4 is 10.2 Å². The van der Waals surface area contributed by atoms with Crippen molar-refractivity contribution >= 4 is 23.3 Å². The number of anilines is 2. The smallest absolute Gasteiger partial charge is 0.340 e. The number of rotatable bonds is 8. The highest BCUT2D eigenvalue weighted by Gasteiger charge is 2.19. The standard InChI is InChI=1S/C21H28N4O5/c1-14(2)20-23-19(30-24-20)6-4-5-18(26)22-17-8-7-15(13-16(17)21(27)28-3)25-9-11-29-12-10-25/h7-8,13-14H,4-6,9-12H2,1-3H3,(H,22,26). The van der Waals surface area contributed by atoms with E-state index in [1.807, 2.05) is 19.9 Å². The lowest BCUT2D eigenvalue weighted by molar-refractivity contribution is -0.116. The number of aryl methyl sites for hydroxylation is 1. The fourth-order valence-electron chi connectivity index (χ4n) is 3.16. The summed E-state index contributed by atoms with van der Waals surface area (Å²) in [4.78, 5) is 31.1. The minimum atomic E-state index is -0.493. The monoisotopic (exact) mass is 416 g/mol. The zero-order chi connectivity index (χ0) is 21.5. The molecule has 1 aliphatic heterocycles. The molecular weight excluding hydrogens is 388 g/mol. The summed E-state index contributed by atoms with van der Waals surface area (Å²) in [6.07, 6.45) is 1.35. The lowest BCUT2D eigenvalue weighted by Gasteiger charge is -2.29. The molecule has 0 aliphatic carbocycles. The normalized spacial score (nSPS) is 14.1. The predicted octanol–water partition coefficient (Wildman–Crippen LogP) is 2.78. The summed E-state index contributed by atoms with van der Waals surface area (Å²) in [5.74, 6) is 0.701. The zero-order valence-electron chi connectivity index (χ0n) is 17.6. The van der Waals surface area contributed by atoms with E-state index >= 15 is 0 Å². The zero-order valence-corrected chi connectivity index (χ0v) is 17.6. The number of benzene rings is 1. The first kappa shape index (κ1) is 21.8. The highest BCUT2D eigenvalue weighted by Crippen LogP contribution is 2.25. The van der Waals surface area contributed by atoms with Crippen LogP contribution in [0.15, 0.2) is 22.7 Å². The second-order valence-corrected chi connectivity index (χ2v) is 7.42. The number of hydrogen-bond donors (Lipinski definition) is 1. The summed E-state index contributed by atoms with van der Waals surface area (Å²) in [7, 11) is 1.32. The van der Waals surface area contributed by atoms with Crippen LogP contribution in [0, 0.1) is 0 Å². The van der Waals surface area contributed by atoms with E-state index in [1.54, 1.807) is 12.1 Å².